The Morgan fingerprint density at radius 2 is 1.96 bits per heavy atom. The maximum absolute atomic E-state index is 4.73. The minimum Gasteiger partial charge on any atom is -0.363 e. The lowest BCUT2D eigenvalue weighted by Crippen LogP contribution is -2.48. The van der Waals surface area contributed by atoms with E-state index in [1.807, 2.05) is 17.4 Å². The van der Waals surface area contributed by atoms with Gasteiger partial charge in [-0.05, 0) is 42.8 Å². The molecule has 0 spiro atoms. The Labute approximate surface area is 148 Å². The van der Waals surface area contributed by atoms with Crippen molar-refractivity contribution in [3.05, 3.63) is 53.4 Å². The van der Waals surface area contributed by atoms with Gasteiger partial charge in [0.25, 0.3) is 0 Å². The molecule has 1 aliphatic rings. The van der Waals surface area contributed by atoms with Crippen molar-refractivity contribution in [3.8, 4) is 0 Å². The molecule has 1 aliphatic heterocycles. The molecule has 0 radical (unpaired) electrons. The number of rotatable bonds is 5. The third-order valence-electron chi connectivity index (χ3n) is 4.26. The highest BCUT2D eigenvalue weighted by atomic mass is 32.1. The first-order valence-electron chi connectivity index (χ1n) is 8.72. The molecule has 2 aromatic rings. The standard InChI is InChI=1S/C19H26N4S/c1-2-20-19(21-15-16-7-4-3-5-8-16)22-17-10-12-23(13-11-17)18-9-6-14-24-18/h3-9,14,17H,2,10-13,15H2,1H3,(H2,20,21,22). The number of hydrogen-bond acceptors (Lipinski definition) is 3. The lowest BCUT2D eigenvalue weighted by molar-refractivity contribution is 0.463. The van der Waals surface area contributed by atoms with Gasteiger partial charge in [0.1, 0.15) is 0 Å². The van der Waals surface area contributed by atoms with E-state index in [0.29, 0.717) is 12.6 Å². The smallest absolute Gasteiger partial charge is 0.191 e. The van der Waals surface area contributed by atoms with Crippen molar-refractivity contribution in [2.45, 2.75) is 32.4 Å². The minimum absolute atomic E-state index is 0.495. The van der Waals surface area contributed by atoms with Crippen molar-refractivity contribution in [1.29, 1.82) is 0 Å². The quantitative estimate of drug-likeness (QED) is 0.646. The number of piperidine rings is 1. The van der Waals surface area contributed by atoms with Crippen LogP contribution >= 0.6 is 11.3 Å². The number of guanidine groups is 1. The molecule has 24 heavy (non-hydrogen) atoms. The molecule has 2 heterocycles. The second kappa shape index (κ2) is 8.73. The largest absolute Gasteiger partial charge is 0.363 e. The van der Waals surface area contributed by atoms with E-state index in [2.05, 4.69) is 64.2 Å². The summed E-state index contributed by atoms with van der Waals surface area (Å²) in [6.45, 7) is 5.92. The summed E-state index contributed by atoms with van der Waals surface area (Å²) in [6, 6.07) is 15.2. The third-order valence-corrected chi connectivity index (χ3v) is 5.19. The molecular formula is C19H26N4S. The molecule has 128 valence electrons. The highest BCUT2D eigenvalue weighted by molar-refractivity contribution is 7.14. The molecule has 1 aromatic heterocycles. The van der Waals surface area contributed by atoms with Gasteiger partial charge in [-0.15, -0.1) is 11.3 Å². The maximum Gasteiger partial charge on any atom is 0.191 e. The molecule has 0 atom stereocenters. The third kappa shape index (κ3) is 4.74. The second-order valence-corrected chi connectivity index (χ2v) is 6.96. The van der Waals surface area contributed by atoms with Gasteiger partial charge in [0.2, 0.25) is 0 Å². The van der Waals surface area contributed by atoms with Crippen molar-refractivity contribution in [1.82, 2.24) is 10.6 Å². The molecule has 0 saturated carbocycles. The van der Waals surface area contributed by atoms with Gasteiger partial charge in [0, 0.05) is 25.7 Å². The van der Waals surface area contributed by atoms with Crippen molar-refractivity contribution < 1.29 is 0 Å². The van der Waals surface area contributed by atoms with E-state index in [1.54, 1.807) is 0 Å². The van der Waals surface area contributed by atoms with E-state index in [0.717, 1.165) is 38.4 Å². The van der Waals surface area contributed by atoms with Crippen LogP contribution in [0.1, 0.15) is 25.3 Å². The van der Waals surface area contributed by atoms with Gasteiger partial charge in [-0.3, -0.25) is 0 Å². The fraction of sp³-hybridized carbons (Fsp3) is 0.421. The van der Waals surface area contributed by atoms with Crippen LogP contribution in [0.25, 0.3) is 0 Å². The highest BCUT2D eigenvalue weighted by Crippen LogP contribution is 2.24. The summed E-state index contributed by atoms with van der Waals surface area (Å²) < 4.78 is 0. The van der Waals surface area contributed by atoms with Gasteiger partial charge in [0.05, 0.1) is 11.5 Å². The average molecular weight is 343 g/mol. The molecule has 1 aromatic carbocycles. The number of anilines is 1. The molecule has 5 heteroatoms. The number of benzene rings is 1. The van der Waals surface area contributed by atoms with E-state index >= 15 is 0 Å². The molecule has 3 rings (SSSR count). The SMILES string of the molecule is CCNC(=NCc1ccccc1)NC1CCN(c2cccs2)CC1. The maximum atomic E-state index is 4.73. The first-order valence-corrected chi connectivity index (χ1v) is 9.60. The second-order valence-electron chi connectivity index (χ2n) is 6.04. The van der Waals surface area contributed by atoms with Crippen LogP contribution in [-0.4, -0.2) is 31.6 Å². The Hall–Kier alpha value is -2.01. The van der Waals surface area contributed by atoms with Crippen LogP contribution in [0.3, 0.4) is 0 Å². The van der Waals surface area contributed by atoms with Crippen molar-refractivity contribution >= 4 is 22.3 Å². The topological polar surface area (TPSA) is 39.7 Å². The molecule has 0 bridgehead atoms. The Kier molecular flexibility index (Phi) is 6.13. The zero-order chi connectivity index (χ0) is 16.6. The lowest BCUT2D eigenvalue weighted by atomic mass is 10.1. The van der Waals surface area contributed by atoms with E-state index < -0.39 is 0 Å². The van der Waals surface area contributed by atoms with Crippen LogP contribution in [0.15, 0.2) is 52.8 Å². The van der Waals surface area contributed by atoms with Crippen LogP contribution < -0.4 is 15.5 Å². The van der Waals surface area contributed by atoms with Crippen LogP contribution in [0, 0.1) is 0 Å². The number of nitrogens with zero attached hydrogens (tertiary/aromatic N) is 2. The van der Waals surface area contributed by atoms with E-state index in [1.165, 1.54) is 10.6 Å². The van der Waals surface area contributed by atoms with Crippen LogP contribution in [-0.2, 0) is 6.54 Å². The zero-order valence-electron chi connectivity index (χ0n) is 14.2. The summed E-state index contributed by atoms with van der Waals surface area (Å²) in [5, 5.41) is 10.5. The predicted molar refractivity (Wildman–Crippen MR) is 104 cm³/mol. The molecule has 0 unspecified atom stereocenters. The van der Waals surface area contributed by atoms with Crippen LogP contribution in [0.5, 0.6) is 0 Å². The normalized spacial score (nSPS) is 16.2. The molecule has 1 saturated heterocycles. The summed E-state index contributed by atoms with van der Waals surface area (Å²) in [6.07, 6.45) is 2.29. The number of thiophene rings is 1. The van der Waals surface area contributed by atoms with E-state index in [9.17, 15) is 0 Å². The molecule has 1 fully saturated rings. The lowest BCUT2D eigenvalue weighted by Gasteiger charge is -2.33. The summed E-state index contributed by atoms with van der Waals surface area (Å²) in [4.78, 5) is 7.21. The number of hydrogen-bond donors (Lipinski definition) is 2. The highest BCUT2D eigenvalue weighted by Gasteiger charge is 2.20. The fourth-order valence-electron chi connectivity index (χ4n) is 2.96. The fourth-order valence-corrected chi connectivity index (χ4v) is 3.75. The summed E-state index contributed by atoms with van der Waals surface area (Å²) in [5.74, 6) is 0.927. The van der Waals surface area contributed by atoms with E-state index in [4.69, 9.17) is 4.99 Å². The van der Waals surface area contributed by atoms with Crippen LogP contribution in [0.2, 0.25) is 0 Å². The first kappa shape index (κ1) is 16.8. The van der Waals surface area contributed by atoms with Crippen molar-refractivity contribution in [2.24, 2.45) is 4.99 Å². The van der Waals surface area contributed by atoms with Crippen molar-refractivity contribution in [3.63, 3.8) is 0 Å². The molecule has 0 aliphatic carbocycles. The summed E-state index contributed by atoms with van der Waals surface area (Å²) in [5.41, 5.74) is 1.24. The minimum atomic E-state index is 0.495. The Morgan fingerprint density at radius 1 is 1.17 bits per heavy atom. The van der Waals surface area contributed by atoms with E-state index in [-0.39, 0.29) is 0 Å². The van der Waals surface area contributed by atoms with Crippen molar-refractivity contribution in [2.75, 3.05) is 24.5 Å². The van der Waals surface area contributed by atoms with Gasteiger partial charge < -0.3 is 15.5 Å². The predicted octanol–water partition coefficient (Wildman–Crippen LogP) is 3.47. The summed E-state index contributed by atoms with van der Waals surface area (Å²) >= 11 is 1.83. The molecule has 2 N–H and O–H groups in total. The number of nitrogens with one attached hydrogen (secondary N) is 2. The summed E-state index contributed by atoms with van der Waals surface area (Å²) in [7, 11) is 0. The van der Waals surface area contributed by atoms with Gasteiger partial charge in [-0.25, -0.2) is 4.99 Å². The molecule has 4 nitrogen and oxygen atoms in total. The van der Waals surface area contributed by atoms with Crippen LogP contribution in [0.4, 0.5) is 5.00 Å². The monoisotopic (exact) mass is 342 g/mol. The van der Waals surface area contributed by atoms with Gasteiger partial charge in [0.15, 0.2) is 5.96 Å². The molecule has 0 amide bonds. The average Bonchev–Trinajstić information content (AvgIpc) is 3.16. The first-order chi connectivity index (χ1) is 11.8. The Balaban J connectivity index is 1.52. The zero-order valence-corrected chi connectivity index (χ0v) is 15.1. The molecular weight excluding hydrogens is 316 g/mol. The van der Waals surface area contributed by atoms with Gasteiger partial charge in [-0.1, -0.05) is 30.3 Å². The Bertz CT molecular complexity index is 616. The Morgan fingerprint density at radius 3 is 2.62 bits per heavy atom. The van der Waals surface area contributed by atoms with Gasteiger partial charge in [-0.2, -0.15) is 0 Å². The number of aliphatic imine (C=N–C) groups is 1. The van der Waals surface area contributed by atoms with Gasteiger partial charge >= 0.3 is 0 Å².